The molecule has 0 spiro atoms. The van der Waals surface area contributed by atoms with Crippen LogP contribution >= 0.6 is 23.2 Å². The topological polar surface area (TPSA) is 0 Å². The minimum absolute atomic E-state index is 0.112. The van der Waals surface area contributed by atoms with Crippen LogP contribution in [0, 0.1) is 23.3 Å². The van der Waals surface area contributed by atoms with Crippen molar-refractivity contribution >= 4 is 23.2 Å². The first kappa shape index (κ1) is 14.2. The van der Waals surface area contributed by atoms with E-state index in [4.69, 9.17) is 23.2 Å². The highest BCUT2D eigenvalue weighted by molar-refractivity contribution is 6.30. The summed E-state index contributed by atoms with van der Waals surface area (Å²) in [4.78, 5) is 0. The number of rotatable bonds is 2. The maximum atomic E-state index is 13.6. The summed E-state index contributed by atoms with van der Waals surface area (Å²) in [6.45, 7) is 0. The van der Waals surface area contributed by atoms with Gasteiger partial charge in [-0.25, -0.2) is 17.6 Å². The minimum atomic E-state index is -1.15. The van der Waals surface area contributed by atoms with Gasteiger partial charge < -0.3 is 0 Å². The van der Waals surface area contributed by atoms with Crippen LogP contribution in [-0.2, 0) is 0 Å². The predicted molar refractivity (Wildman–Crippen MR) is 65.4 cm³/mol. The van der Waals surface area contributed by atoms with Gasteiger partial charge in [-0.3, -0.25) is 0 Å². The highest BCUT2D eigenvalue weighted by Crippen LogP contribution is 2.33. The Kier molecular flexibility index (Phi) is 4.02. The summed E-state index contributed by atoms with van der Waals surface area (Å²) in [5, 5.41) is -1.53. The molecule has 2 rings (SSSR count). The highest BCUT2D eigenvalue weighted by atomic mass is 35.5. The second-order valence-corrected chi connectivity index (χ2v) is 4.67. The summed E-state index contributed by atoms with van der Waals surface area (Å²) in [5.74, 6) is -3.82. The fraction of sp³-hybridized carbons (Fsp3) is 0.0769. The molecular formula is C13H6Cl2F4. The normalized spacial score (nSPS) is 12.5. The second kappa shape index (κ2) is 5.39. The zero-order chi connectivity index (χ0) is 14.2. The van der Waals surface area contributed by atoms with Gasteiger partial charge >= 0.3 is 0 Å². The molecule has 0 nitrogen and oxygen atoms in total. The Hall–Kier alpha value is -1.26. The zero-order valence-corrected chi connectivity index (χ0v) is 10.7. The van der Waals surface area contributed by atoms with Crippen LogP contribution in [0.15, 0.2) is 30.3 Å². The van der Waals surface area contributed by atoms with Crippen LogP contribution in [0.25, 0.3) is 0 Å². The quantitative estimate of drug-likeness (QED) is 0.405. The monoisotopic (exact) mass is 308 g/mol. The molecule has 0 radical (unpaired) electrons. The van der Waals surface area contributed by atoms with Crippen molar-refractivity contribution in [3.05, 3.63) is 69.8 Å². The number of benzene rings is 2. The Morgan fingerprint density at radius 1 is 0.789 bits per heavy atom. The van der Waals surface area contributed by atoms with E-state index in [1.165, 1.54) is 6.07 Å². The average Bonchev–Trinajstić information content (AvgIpc) is 2.36. The Morgan fingerprint density at radius 2 is 1.47 bits per heavy atom. The zero-order valence-electron chi connectivity index (χ0n) is 9.23. The van der Waals surface area contributed by atoms with E-state index in [0.717, 1.165) is 24.3 Å². The maximum Gasteiger partial charge on any atom is 0.159 e. The van der Waals surface area contributed by atoms with E-state index in [1.54, 1.807) is 0 Å². The highest BCUT2D eigenvalue weighted by Gasteiger charge is 2.19. The van der Waals surface area contributed by atoms with Gasteiger partial charge in [-0.15, -0.1) is 11.6 Å². The van der Waals surface area contributed by atoms with Crippen molar-refractivity contribution in [2.45, 2.75) is 5.38 Å². The minimum Gasteiger partial charge on any atom is -0.207 e. The van der Waals surface area contributed by atoms with Crippen molar-refractivity contribution in [2.75, 3.05) is 0 Å². The Bertz CT molecular complexity index is 628. The lowest BCUT2D eigenvalue weighted by Gasteiger charge is -2.12. The molecule has 2 aromatic rings. The molecule has 0 saturated heterocycles. The summed E-state index contributed by atoms with van der Waals surface area (Å²) in [5.41, 5.74) is -0.0873. The van der Waals surface area contributed by atoms with Crippen molar-refractivity contribution in [3.63, 3.8) is 0 Å². The molecule has 1 unspecified atom stereocenters. The molecule has 0 bridgehead atoms. The molecular weight excluding hydrogens is 303 g/mol. The fourth-order valence-electron chi connectivity index (χ4n) is 1.58. The molecule has 0 saturated carbocycles. The largest absolute Gasteiger partial charge is 0.207 e. The number of hydrogen-bond acceptors (Lipinski definition) is 0. The number of halogens is 6. The van der Waals surface area contributed by atoms with Crippen LogP contribution in [0.5, 0.6) is 0 Å². The standard InChI is InChI=1S/C13H6Cl2F4/c14-8-5-10(17)7(4-11(8)18)13(15)6-1-2-9(16)12(19)3-6/h1-5,13H. The van der Waals surface area contributed by atoms with Crippen LogP contribution in [0.2, 0.25) is 5.02 Å². The van der Waals surface area contributed by atoms with Crippen LogP contribution < -0.4 is 0 Å². The summed E-state index contributed by atoms with van der Waals surface area (Å²) in [6.07, 6.45) is 0. The SMILES string of the molecule is Fc1ccc(C(Cl)c2cc(F)c(Cl)cc2F)cc1F. The van der Waals surface area contributed by atoms with E-state index in [-0.39, 0.29) is 16.1 Å². The van der Waals surface area contributed by atoms with Gasteiger partial charge in [0, 0.05) is 5.56 Å². The Balaban J connectivity index is 2.46. The van der Waals surface area contributed by atoms with Crippen LogP contribution in [0.1, 0.15) is 16.5 Å². The molecule has 0 aliphatic carbocycles. The third-order valence-electron chi connectivity index (χ3n) is 2.55. The molecule has 0 fully saturated rings. The lowest BCUT2D eigenvalue weighted by molar-refractivity contribution is 0.507. The van der Waals surface area contributed by atoms with Gasteiger partial charge in [0.1, 0.15) is 11.6 Å². The number of hydrogen-bond donors (Lipinski definition) is 0. The molecule has 0 aliphatic rings. The molecule has 0 aliphatic heterocycles. The van der Waals surface area contributed by atoms with Gasteiger partial charge in [-0.2, -0.15) is 0 Å². The van der Waals surface area contributed by atoms with Crippen molar-refractivity contribution in [1.82, 2.24) is 0 Å². The van der Waals surface area contributed by atoms with E-state index < -0.39 is 28.6 Å². The van der Waals surface area contributed by atoms with E-state index in [1.807, 2.05) is 0 Å². The van der Waals surface area contributed by atoms with Crippen molar-refractivity contribution in [2.24, 2.45) is 0 Å². The maximum absolute atomic E-state index is 13.6. The van der Waals surface area contributed by atoms with Gasteiger partial charge in [0.25, 0.3) is 0 Å². The molecule has 19 heavy (non-hydrogen) atoms. The van der Waals surface area contributed by atoms with Crippen molar-refractivity contribution < 1.29 is 17.6 Å². The molecule has 0 N–H and O–H groups in total. The second-order valence-electron chi connectivity index (χ2n) is 3.82. The van der Waals surface area contributed by atoms with E-state index >= 15 is 0 Å². The first-order chi connectivity index (χ1) is 8.90. The summed E-state index contributed by atoms with van der Waals surface area (Å²) >= 11 is 11.4. The molecule has 6 heteroatoms. The summed E-state index contributed by atoms with van der Waals surface area (Å²) < 4.78 is 52.8. The molecule has 0 amide bonds. The summed E-state index contributed by atoms with van der Waals surface area (Å²) in [7, 11) is 0. The molecule has 0 heterocycles. The third-order valence-corrected chi connectivity index (χ3v) is 3.33. The fourth-order valence-corrected chi connectivity index (χ4v) is 2.04. The first-order valence-electron chi connectivity index (χ1n) is 5.13. The van der Waals surface area contributed by atoms with Gasteiger partial charge in [0.05, 0.1) is 10.4 Å². The van der Waals surface area contributed by atoms with E-state index in [9.17, 15) is 17.6 Å². The third kappa shape index (κ3) is 2.85. The van der Waals surface area contributed by atoms with Gasteiger partial charge in [-0.05, 0) is 29.8 Å². The Morgan fingerprint density at radius 3 is 2.11 bits per heavy atom. The van der Waals surface area contributed by atoms with Crippen LogP contribution in [0.3, 0.4) is 0 Å². The smallest absolute Gasteiger partial charge is 0.159 e. The van der Waals surface area contributed by atoms with E-state index in [0.29, 0.717) is 0 Å². The first-order valence-corrected chi connectivity index (χ1v) is 5.95. The van der Waals surface area contributed by atoms with E-state index in [2.05, 4.69) is 0 Å². The molecule has 1 atom stereocenters. The molecule has 0 aromatic heterocycles. The van der Waals surface area contributed by atoms with Gasteiger partial charge in [0.15, 0.2) is 11.6 Å². The van der Waals surface area contributed by atoms with Crippen LogP contribution in [-0.4, -0.2) is 0 Å². The van der Waals surface area contributed by atoms with Gasteiger partial charge in [-0.1, -0.05) is 17.7 Å². The van der Waals surface area contributed by atoms with Gasteiger partial charge in [0.2, 0.25) is 0 Å². The predicted octanol–water partition coefficient (Wildman–Crippen LogP) is 5.22. The molecule has 2 aromatic carbocycles. The summed E-state index contributed by atoms with van der Waals surface area (Å²) in [6, 6.07) is 4.50. The Labute approximate surface area is 116 Å². The van der Waals surface area contributed by atoms with Crippen LogP contribution in [0.4, 0.5) is 17.6 Å². The average molecular weight is 309 g/mol. The van der Waals surface area contributed by atoms with Crippen molar-refractivity contribution in [3.8, 4) is 0 Å². The lowest BCUT2D eigenvalue weighted by Crippen LogP contribution is -2.00. The lowest BCUT2D eigenvalue weighted by atomic mass is 10.0. The number of alkyl halides is 1. The molecule has 100 valence electrons. The van der Waals surface area contributed by atoms with Crippen molar-refractivity contribution in [1.29, 1.82) is 0 Å².